The number of sulfonamides is 1. The lowest BCUT2D eigenvalue weighted by Crippen LogP contribution is -2.33. The number of nitrogens with zero attached hydrogens (tertiary/aromatic N) is 1. The molecule has 0 saturated carbocycles. The quantitative estimate of drug-likeness (QED) is 0.571. The Balaban J connectivity index is 1.49. The van der Waals surface area contributed by atoms with Crippen molar-refractivity contribution in [1.29, 1.82) is 0 Å². The van der Waals surface area contributed by atoms with E-state index in [0.717, 1.165) is 5.56 Å². The molecular formula is C22H25N3O6S. The molecule has 1 aliphatic heterocycles. The van der Waals surface area contributed by atoms with Gasteiger partial charge in [0.15, 0.2) is 6.10 Å². The Hall–Kier alpha value is -3.24. The van der Waals surface area contributed by atoms with Crippen LogP contribution in [0.15, 0.2) is 59.5 Å². The van der Waals surface area contributed by atoms with Gasteiger partial charge in [0, 0.05) is 25.2 Å². The van der Waals surface area contributed by atoms with Crippen molar-refractivity contribution in [2.45, 2.75) is 30.8 Å². The number of hydrogen-bond donors (Lipinski definition) is 2. The summed E-state index contributed by atoms with van der Waals surface area (Å²) in [6, 6.07) is 15.0. The number of nitrogens with one attached hydrogen (secondary N) is 1. The molecule has 32 heavy (non-hydrogen) atoms. The molecule has 1 heterocycles. The van der Waals surface area contributed by atoms with Gasteiger partial charge in [-0.2, -0.15) is 0 Å². The van der Waals surface area contributed by atoms with E-state index in [9.17, 15) is 22.8 Å². The summed E-state index contributed by atoms with van der Waals surface area (Å²) in [5.41, 5.74) is 1.43. The molecule has 3 rings (SSSR count). The maximum Gasteiger partial charge on any atom is 0.312 e. The van der Waals surface area contributed by atoms with Crippen molar-refractivity contribution in [1.82, 2.24) is 4.90 Å². The zero-order valence-electron chi connectivity index (χ0n) is 17.6. The van der Waals surface area contributed by atoms with Gasteiger partial charge in [-0.25, -0.2) is 13.6 Å². The summed E-state index contributed by atoms with van der Waals surface area (Å²) in [6.45, 7) is 2.20. The van der Waals surface area contributed by atoms with Crippen LogP contribution in [0, 0.1) is 5.92 Å². The van der Waals surface area contributed by atoms with E-state index in [-0.39, 0.29) is 23.8 Å². The number of likely N-dealkylation sites (tertiary alicyclic amines) is 1. The summed E-state index contributed by atoms with van der Waals surface area (Å²) in [5, 5.41) is 7.58. The molecule has 1 fully saturated rings. The number of hydrogen-bond acceptors (Lipinski definition) is 6. The first-order valence-electron chi connectivity index (χ1n) is 10.1. The summed E-state index contributed by atoms with van der Waals surface area (Å²) in [4.78, 5) is 38.6. The summed E-state index contributed by atoms with van der Waals surface area (Å²) < 4.78 is 27.8. The van der Waals surface area contributed by atoms with Crippen LogP contribution >= 0.6 is 0 Å². The average molecular weight is 460 g/mol. The highest BCUT2D eigenvalue weighted by Gasteiger charge is 2.36. The molecule has 0 aliphatic carbocycles. The van der Waals surface area contributed by atoms with Crippen LogP contribution in [0.5, 0.6) is 0 Å². The van der Waals surface area contributed by atoms with Crippen molar-refractivity contribution in [3.63, 3.8) is 0 Å². The van der Waals surface area contributed by atoms with E-state index < -0.39 is 33.9 Å². The number of amides is 2. The van der Waals surface area contributed by atoms with Gasteiger partial charge in [-0.15, -0.1) is 0 Å². The molecule has 2 aromatic rings. The first kappa shape index (κ1) is 23.4. The highest BCUT2D eigenvalue weighted by Crippen LogP contribution is 2.21. The van der Waals surface area contributed by atoms with Gasteiger partial charge < -0.3 is 15.0 Å². The molecule has 1 saturated heterocycles. The van der Waals surface area contributed by atoms with Crippen LogP contribution in [0.25, 0.3) is 0 Å². The van der Waals surface area contributed by atoms with Gasteiger partial charge in [-0.1, -0.05) is 30.3 Å². The molecule has 0 spiro atoms. The maximum absolute atomic E-state index is 12.5. The van der Waals surface area contributed by atoms with Crippen molar-refractivity contribution < 1.29 is 27.5 Å². The van der Waals surface area contributed by atoms with Crippen LogP contribution in [0.3, 0.4) is 0 Å². The van der Waals surface area contributed by atoms with Crippen LogP contribution in [-0.2, 0) is 35.6 Å². The van der Waals surface area contributed by atoms with Gasteiger partial charge in [-0.05, 0) is 43.2 Å². The number of rotatable bonds is 8. The van der Waals surface area contributed by atoms with Gasteiger partial charge in [0.25, 0.3) is 5.91 Å². The topological polar surface area (TPSA) is 136 Å². The van der Waals surface area contributed by atoms with E-state index in [2.05, 4.69) is 5.32 Å². The molecule has 0 aromatic heterocycles. The zero-order chi connectivity index (χ0) is 23.3. The molecule has 0 bridgehead atoms. The fourth-order valence-electron chi connectivity index (χ4n) is 3.35. The van der Waals surface area contributed by atoms with Gasteiger partial charge in [0.2, 0.25) is 15.9 Å². The van der Waals surface area contributed by atoms with Crippen LogP contribution in [-0.4, -0.2) is 50.3 Å². The summed E-state index contributed by atoms with van der Waals surface area (Å²) in [6.07, 6.45) is -0.345. The normalized spacial score (nSPS) is 17.1. The first-order chi connectivity index (χ1) is 15.1. The molecular weight excluding hydrogens is 434 g/mol. The Morgan fingerprint density at radius 3 is 2.44 bits per heavy atom. The standard InChI is InChI=1S/C22H25N3O6S/c1-15(21(27)24-18-7-9-19(10-8-18)32(23,29)30)31-22(28)17-13-20(26)25(14-17)12-11-16-5-3-2-4-6-16/h2-10,15,17H,11-14H2,1H3,(H,24,27)(H2,23,29,30)/t15-,17+/m1/s1. The van der Waals surface area contributed by atoms with Crippen molar-refractivity contribution in [3.8, 4) is 0 Å². The van der Waals surface area contributed by atoms with Crippen LogP contribution in [0.4, 0.5) is 5.69 Å². The second-order valence-electron chi connectivity index (χ2n) is 7.61. The smallest absolute Gasteiger partial charge is 0.312 e. The van der Waals surface area contributed by atoms with Crippen molar-refractivity contribution >= 4 is 33.5 Å². The Bertz CT molecular complexity index is 1090. The minimum absolute atomic E-state index is 0.0526. The number of nitrogens with two attached hydrogens (primary N) is 1. The minimum atomic E-state index is -3.83. The first-order valence-corrected chi connectivity index (χ1v) is 11.6. The molecule has 2 amide bonds. The number of primary sulfonamides is 1. The monoisotopic (exact) mass is 459 g/mol. The molecule has 1 aliphatic rings. The number of carbonyl (C=O) groups excluding carboxylic acids is 3. The third-order valence-electron chi connectivity index (χ3n) is 5.17. The molecule has 0 unspecified atom stereocenters. The minimum Gasteiger partial charge on any atom is -0.452 e. The van der Waals surface area contributed by atoms with E-state index in [1.165, 1.54) is 31.2 Å². The fourth-order valence-corrected chi connectivity index (χ4v) is 3.87. The highest BCUT2D eigenvalue weighted by atomic mass is 32.2. The number of ether oxygens (including phenoxy) is 1. The SMILES string of the molecule is C[C@@H](OC(=O)[C@H]1CC(=O)N(CCc2ccccc2)C1)C(=O)Nc1ccc(S(N)(=O)=O)cc1. The molecule has 9 nitrogen and oxygen atoms in total. The maximum atomic E-state index is 12.5. The summed E-state index contributed by atoms with van der Waals surface area (Å²) >= 11 is 0. The zero-order valence-corrected chi connectivity index (χ0v) is 18.4. The molecule has 10 heteroatoms. The van der Waals surface area contributed by atoms with Crippen LogP contribution in [0.1, 0.15) is 18.9 Å². The van der Waals surface area contributed by atoms with Gasteiger partial charge in [0.05, 0.1) is 10.8 Å². The predicted octanol–water partition coefficient (Wildman–Crippen LogP) is 1.30. The van der Waals surface area contributed by atoms with E-state index in [1.54, 1.807) is 4.90 Å². The lowest BCUT2D eigenvalue weighted by molar-refractivity contribution is -0.157. The lowest BCUT2D eigenvalue weighted by atomic mass is 10.1. The second kappa shape index (κ2) is 9.92. The van der Waals surface area contributed by atoms with Crippen molar-refractivity contribution in [2.75, 3.05) is 18.4 Å². The second-order valence-corrected chi connectivity index (χ2v) is 9.18. The Morgan fingerprint density at radius 2 is 1.81 bits per heavy atom. The van der Waals surface area contributed by atoms with Crippen molar-refractivity contribution in [2.24, 2.45) is 11.1 Å². The molecule has 3 N–H and O–H groups in total. The highest BCUT2D eigenvalue weighted by molar-refractivity contribution is 7.89. The van der Waals surface area contributed by atoms with E-state index >= 15 is 0 Å². The lowest BCUT2D eigenvalue weighted by Gasteiger charge is -2.18. The average Bonchev–Trinajstić information content (AvgIpc) is 3.13. The molecule has 170 valence electrons. The van der Waals surface area contributed by atoms with E-state index in [0.29, 0.717) is 18.7 Å². The number of anilines is 1. The molecule has 0 radical (unpaired) electrons. The Labute approximate surface area is 186 Å². The number of esters is 1. The van der Waals surface area contributed by atoms with Crippen molar-refractivity contribution in [3.05, 3.63) is 60.2 Å². The van der Waals surface area contributed by atoms with Crippen LogP contribution in [0.2, 0.25) is 0 Å². The van der Waals surface area contributed by atoms with Gasteiger partial charge in [0.1, 0.15) is 0 Å². The third-order valence-corrected chi connectivity index (χ3v) is 6.10. The summed E-state index contributed by atoms with van der Waals surface area (Å²) in [7, 11) is -3.83. The van der Waals surface area contributed by atoms with E-state index in [4.69, 9.17) is 9.88 Å². The largest absolute Gasteiger partial charge is 0.452 e. The van der Waals surface area contributed by atoms with Gasteiger partial charge >= 0.3 is 5.97 Å². The molecule has 2 atom stereocenters. The van der Waals surface area contributed by atoms with E-state index in [1.807, 2.05) is 30.3 Å². The Kier molecular flexibility index (Phi) is 7.26. The number of benzene rings is 2. The Morgan fingerprint density at radius 1 is 1.16 bits per heavy atom. The van der Waals surface area contributed by atoms with Gasteiger partial charge in [-0.3, -0.25) is 14.4 Å². The predicted molar refractivity (Wildman–Crippen MR) is 117 cm³/mol. The fraction of sp³-hybridized carbons (Fsp3) is 0.318. The van der Waals surface area contributed by atoms with Crippen LogP contribution < -0.4 is 10.5 Å². The molecule has 2 aromatic carbocycles. The third kappa shape index (κ3) is 6.14. The number of carbonyl (C=O) groups is 3. The summed E-state index contributed by atoms with van der Waals surface area (Å²) in [5.74, 6) is -1.92.